The Morgan fingerprint density at radius 1 is 1.17 bits per heavy atom. The third-order valence-corrected chi connectivity index (χ3v) is 5.56. The van der Waals surface area contributed by atoms with E-state index in [9.17, 15) is 14.9 Å². The number of aromatic nitrogens is 1. The second kappa shape index (κ2) is 8.30. The largest absolute Gasteiger partial charge is 0.378 e. The summed E-state index contributed by atoms with van der Waals surface area (Å²) in [6.07, 6.45) is 0. The van der Waals surface area contributed by atoms with Crippen LogP contribution >= 0.6 is 0 Å². The molecule has 0 unspecified atom stereocenters. The topological polar surface area (TPSA) is 92.0 Å². The predicted molar refractivity (Wildman–Crippen MR) is 109 cm³/mol. The molecular weight excluding hydrogens is 374 g/mol. The number of rotatable bonds is 4. The van der Waals surface area contributed by atoms with Crippen molar-refractivity contribution in [3.63, 3.8) is 0 Å². The zero-order valence-corrected chi connectivity index (χ0v) is 16.5. The lowest BCUT2D eigenvalue weighted by molar-refractivity contribution is -0.383. The Kier molecular flexibility index (Phi) is 5.59. The molecule has 2 aliphatic rings. The van der Waals surface area contributed by atoms with Gasteiger partial charge < -0.3 is 14.5 Å². The summed E-state index contributed by atoms with van der Waals surface area (Å²) in [6.45, 7) is 7.91. The number of morpholine rings is 1. The van der Waals surface area contributed by atoms with Crippen LogP contribution in [-0.2, 0) is 9.53 Å². The molecule has 9 heteroatoms. The number of hydrogen-bond donors (Lipinski definition) is 0. The second-order valence-electron chi connectivity index (χ2n) is 7.47. The minimum atomic E-state index is -0.381. The SMILES string of the molecule is Cc1cc(N2CCN(CC(=O)N3CCOCC3)CC2)c2cccc([N+](=O)[O-])c2n1. The van der Waals surface area contributed by atoms with Crippen LogP contribution in [0.15, 0.2) is 24.3 Å². The average Bonchev–Trinajstić information content (AvgIpc) is 2.74. The van der Waals surface area contributed by atoms with E-state index < -0.39 is 0 Å². The molecular formula is C20H25N5O4. The van der Waals surface area contributed by atoms with E-state index in [1.807, 2.05) is 24.0 Å². The van der Waals surface area contributed by atoms with Gasteiger partial charge in [0.1, 0.15) is 0 Å². The van der Waals surface area contributed by atoms with E-state index >= 15 is 0 Å². The van der Waals surface area contributed by atoms with Gasteiger partial charge in [-0.05, 0) is 13.0 Å². The summed E-state index contributed by atoms with van der Waals surface area (Å²) in [7, 11) is 0. The van der Waals surface area contributed by atoms with Crippen LogP contribution in [0.3, 0.4) is 0 Å². The number of benzene rings is 1. The highest BCUT2D eigenvalue weighted by Crippen LogP contribution is 2.32. The molecule has 1 aromatic heterocycles. The van der Waals surface area contributed by atoms with E-state index in [-0.39, 0.29) is 16.5 Å². The average molecular weight is 399 g/mol. The maximum atomic E-state index is 12.5. The Morgan fingerprint density at radius 2 is 1.90 bits per heavy atom. The van der Waals surface area contributed by atoms with Crippen LogP contribution in [0.25, 0.3) is 10.9 Å². The van der Waals surface area contributed by atoms with Crippen LogP contribution in [0.2, 0.25) is 0 Å². The third-order valence-electron chi connectivity index (χ3n) is 5.56. The van der Waals surface area contributed by atoms with Gasteiger partial charge in [-0.2, -0.15) is 0 Å². The minimum Gasteiger partial charge on any atom is -0.378 e. The van der Waals surface area contributed by atoms with Crippen molar-refractivity contribution >= 4 is 28.2 Å². The Balaban J connectivity index is 1.47. The number of nitro benzene ring substituents is 1. The van der Waals surface area contributed by atoms with Crippen molar-refractivity contribution in [2.75, 3.05) is 63.9 Å². The molecule has 29 heavy (non-hydrogen) atoms. The number of ether oxygens (including phenoxy) is 1. The number of aryl methyl sites for hydroxylation is 1. The van der Waals surface area contributed by atoms with Crippen LogP contribution < -0.4 is 4.90 Å². The standard InChI is InChI=1S/C20H25N5O4/c1-15-13-18(16-3-2-4-17(25(27)28)20(16)21-15)23-7-5-22(6-8-23)14-19(26)24-9-11-29-12-10-24/h2-4,13H,5-12,14H2,1H3. The van der Waals surface area contributed by atoms with Crippen molar-refractivity contribution in [1.29, 1.82) is 0 Å². The van der Waals surface area contributed by atoms with Gasteiger partial charge in [0.2, 0.25) is 5.91 Å². The van der Waals surface area contributed by atoms with E-state index in [2.05, 4.69) is 14.8 Å². The molecule has 2 saturated heterocycles. The van der Waals surface area contributed by atoms with Crippen molar-refractivity contribution in [2.24, 2.45) is 0 Å². The van der Waals surface area contributed by atoms with Crippen molar-refractivity contribution in [3.8, 4) is 0 Å². The maximum Gasteiger partial charge on any atom is 0.295 e. The van der Waals surface area contributed by atoms with E-state index in [4.69, 9.17) is 4.74 Å². The molecule has 0 N–H and O–H groups in total. The molecule has 1 amide bonds. The monoisotopic (exact) mass is 399 g/mol. The number of pyridine rings is 1. The fraction of sp³-hybridized carbons (Fsp3) is 0.500. The molecule has 0 saturated carbocycles. The first-order valence-electron chi connectivity index (χ1n) is 9.90. The maximum absolute atomic E-state index is 12.5. The highest BCUT2D eigenvalue weighted by Gasteiger charge is 2.25. The summed E-state index contributed by atoms with van der Waals surface area (Å²) < 4.78 is 5.31. The Labute approximate surface area is 169 Å². The molecule has 2 fully saturated rings. The van der Waals surface area contributed by atoms with E-state index in [1.54, 1.807) is 6.07 Å². The van der Waals surface area contributed by atoms with Crippen molar-refractivity contribution in [3.05, 3.63) is 40.1 Å². The number of hydrogen-bond acceptors (Lipinski definition) is 7. The lowest BCUT2D eigenvalue weighted by Gasteiger charge is -2.37. The zero-order valence-electron chi connectivity index (χ0n) is 16.5. The fourth-order valence-electron chi connectivity index (χ4n) is 4.00. The van der Waals surface area contributed by atoms with E-state index in [0.717, 1.165) is 42.9 Å². The van der Waals surface area contributed by atoms with Crippen molar-refractivity contribution in [2.45, 2.75) is 6.92 Å². The van der Waals surface area contributed by atoms with Crippen LogP contribution in [-0.4, -0.2) is 84.6 Å². The van der Waals surface area contributed by atoms with Crippen LogP contribution in [0.5, 0.6) is 0 Å². The predicted octanol–water partition coefficient (Wildman–Crippen LogP) is 1.43. The van der Waals surface area contributed by atoms with Crippen molar-refractivity contribution in [1.82, 2.24) is 14.8 Å². The second-order valence-corrected chi connectivity index (χ2v) is 7.47. The number of carbonyl (C=O) groups excluding carboxylic acids is 1. The molecule has 0 atom stereocenters. The molecule has 0 spiro atoms. The number of anilines is 1. The number of nitro groups is 1. The van der Waals surface area contributed by atoms with Gasteiger partial charge in [-0.25, -0.2) is 4.98 Å². The first kappa shape index (κ1) is 19.5. The quantitative estimate of drug-likeness (QED) is 0.567. The molecule has 2 aromatic rings. The first-order chi connectivity index (χ1) is 14.0. The molecule has 0 aliphatic carbocycles. The van der Waals surface area contributed by atoms with Crippen molar-refractivity contribution < 1.29 is 14.5 Å². The summed E-state index contributed by atoms with van der Waals surface area (Å²) >= 11 is 0. The lowest BCUT2D eigenvalue weighted by atomic mass is 10.1. The van der Waals surface area contributed by atoms with Gasteiger partial charge in [0.25, 0.3) is 5.69 Å². The van der Waals surface area contributed by atoms with Gasteiger partial charge in [0, 0.05) is 62.1 Å². The Hall–Kier alpha value is -2.78. The van der Waals surface area contributed by atoms with Gasteiger partial charge in [-0.3, -0.25) is 19.8 Å². The Morgan fingerprint density at radius 3 is 2.59 bits per heavy atom. The summed E-state index contributed by atoms with van der Waals surface area (Å²) in [6, 6.07) is 7.07. The fourth-order valence-corrected chi connectivity index (χ4v) is 4.00. The van der Waals surface area contributed by atoms with Crippen LogP contribution in [0.1, 0.15) is 5.69 Å². The van der Waals surface area contributed by atoms with Gasteiger partial charge in [-0.1, -0.05) is 12.1 Å². The minimum absolute atomic E-state index is 0.0298. The summed E-state index contributed by atoms with van der Waals surface area (Å²) in [4.78, 5) is 34.2. The van der Waals surface area contributed by atoms with Gasteiger partial charge in [0.05, 0.1) is 24.7 Å². The molecule has 9 nitrogen and oxygen atoms in total. The highest BCUT2D eigenvalue weighted by atomic mass is 16.6. The molecule has 4 rings (SSSR count). The number of para-hydroxylation sites is 1. The number of non-ortho nitro benzene ring substituents is 1. The van der Waals surface area contributed by atoms with E-state index in [1.165, 1.54) is 6.07 Å². The zero-order chi connectivity index (χ0) is 20.4. The molecule has 3 heterocycles. The van der Waals surface area contributed by atoms with Gasteiger partial charge in [-0.15, -0.1) is 0 Å². The molecule has 154 valence electrons. The lowest BCUT2D eigenvalue weighted by Crippen LogP contribution is -2.51. The van der Waals surface area contributed by atoms with Gasteiger partial charge in [0.15, 0.2) is 5.52 Å². The normalized spacial score (nSPS) is 18.2. The molecule has 1 aromatic carbocycles. The number of fused-ring (bicyclic) bond motifs is 1. The number of carbonyl (C=O) groups is 1. The third kappa shape index (κ3) is 4.15. The molecule has 2 aliphatic heterocycles. The van der Waals surface area contributed by atoms with Crippen LogP contribution in [0.4, 0.5) is 11.4 Å². The summed E-state index contributed by atoms with van der Waals surface area (Å²) in [5, 5.41) is 12.2. The van der Waals surface area contributed by atoms with E-state index in [0.29, 0.717) is 38.4 Å². The van der Waals surface area contributed by atoms with Crippen LogP contribution in [0, 0.1) is 17.0 Å². The Bertz CT molecular complexity index is 920. The number of amides is 1. The summed E-state index contributed by atoms with van der Waals surface area (Å²) in [5.74, 6) is 0.155. The highest BCUT2D eigenvalue weighted by molar-refractivity contribution is 5.97. The summed E-state index contributed by atoms with van der Waals surface area (Å²) in [5.41, 5.74) is 2.18. The first-order valence-corrected chi connectivity index (χ1v) is 9.90. The van der Waals surface area contributed by atoms with Gasteiger partial charge >= 0.3 is 0 Å². The number of nitrogens with zero attached hydrogens (tertiary/aromatic N) is 5. The molecule has 0 radical (unpaired) electrons. The smallest absolute Gasteiger partial charge is 0.295 e. The molecule has 0 bridgehead atoms. The number of piperazine rings is 1.